The van der Waals surface area contributed by atoms with Crippen molar-refractivity contribution in [2.24, 2.45) is 17.8 Å². The van der Waals surface area contributed by atoms with E-state index >= 15 is 0 Å². The van der Waals surface area contributed by atoms with Crippen molar-refractivity contribution in [1.29, 1.82) is 0 Å². The number of Topliss-reactive ketones (excluding diaryl/α,β-unsaturated/α-hetero) is 1. The predicted octanol–water partition coefficient (Wildman–Crippen LogP) is 4.14. The van der Waals surface area contributed by atoms with Crippen LogP contribution in [0, 0.1) is 17.8 Å². The molecule has 1 aromatic carbocycles. The Morgan fingerprint density at radius 2 is 1.71 bits per heavy atom. The summed E-state index contributed by atoms with van der Waals surface area (Å²) >= 11 is 0. The first kappa shape index (κ1) is 19.3. The van der Waals surface area contributed by atoms with Gasteiger partial charge >= 0.3 is 0 Å². The van der Waals surface area contributed by atoms with Crippen molar-refractivity contribution in [3.63, 3.8) is 0 Å². The highest BCUT2D eigenvalue weighted by atomic mass is 16.5. The van der Waals surface area contributed by atoms with Gasteiger partial charge in [0.1, 0.15) is 0 Å². The van der Waals surface area contributed by atoms with E-state index in [2.05, 4.69) is 5.32 Å². The monoisotopic (exact) mass is 385 g/mol. The van der Waals surface area contributed by atoms with E-state index in [1.165, 1.54) is 45.4 Å². The standard InChI is InChI=1S/C23H31NO4/c1-15(25)19-5-6-20(21(11-19)27-2)28-7-3-4-22(26)24-23-12-16-8-17(13-23)10-18(9-16)14-23/h5-6,11,16-18H,3-4,7-10,12-14H2,1-2H3,(H,24,26). The van der Waals surface area contributed by atoms with Gasteiger partial charge < -0.3 is 14.8 Å². The normalized spacial score (nSPS) is 30.1. The van der Waals surface area contributed by atoms with Gasteiger partial charge in [-0.3, -0.25) is 9.59 Å². The van der Waals surface area contributed by atoms with Crippen molar-refractivity contribution in [3.05, 3.63) is 23.8 Å². The summed E-state index contributed by atoms with van der Waals surface area (Å²) in [5, 5.41) is 3.41. The number of benzene rings is 1. The molecule has 0 atom stereocenters. The first-order chi connectivity index (χ1) is 13.5. The van der Waals surface area contributed by atoms with Crippen LogP contribution in [0.15, 0.2) is 18.2 Å². The van der Waals surface area contributed by atoms with Gasteiger partial charge in [0.15, 0.2) is 17.3 Å². The first-order valence-corrected chi connectivity index (χ1v) is 10.6. The fraction of sp³-hybridized carbons (Fsp3) is 0.652. The molecule has 152 valence electrons. The molecule has 5 rings (SSSR count). The number of methoxy groups -OCH3 is 1. The number of rotatable bonds is 8. The number of ketones is 1. The van der Waals surface area contributed by atoms with Crippen LogP contribution in [0.4, 0.5) is 0 Å². The minimum Gasteiger partial charge on any atom is -0.493 e. The summed E-state index contributed by atoms with van der Waals surface area (Å²) in [6.45, 7) is 1.97. The fourth-order valence-corrected chi connectivity index (χ4v) is 6.04. The highest BCUT2D eigenvalue weighted by Gasteiger charge is 2.51. The van der Waals surface area contributed by atoms with Crippen LogP contribution in [-0.2, 0) is 4.79 Å². The van der Waals surface area contributed by atoms with Crippen LogP contribution in [0.3, 0.4) is 0 Å². The van der Waals surface area contributed by atoms with Crippen LogP contribution in [0.1, 0.15) is 68.6 Å². The Morgan fingerprint density at radius 1 is 1.07 bits per heavy atom. The molecular weight excluding hydrogens is 354 g/mol. The van der Waals surface area contributed by atoms with Gasteiger partial charge in [-0.2, -0.15) is 0 Å². The molecule has 4 fully saturated rings. The van der Waals surface area contributed by atoms with Crippen LogP contribution in [0.25, 0.3) is 0 Å². The number of carbonyl (C=O) groups is 2. The lowest BCUT2D eigenvalue weighted by atomic mass is 9.53. The lowest BCUT2D eigenvalue weighted by molar-refractivity contribution is -0.127. The van der Waals surface area contributed by atoms with Gasteiger partial charge in [-0.05, 0) is 87.8 Å². The zero-order valence-electron chi connectivity index (χ0n) is 17.0. The van der Waals surface area contributed by atoms with Gasteiger partial charge in [0.2, 0.25) is 5.91 Å². The SMILES string of the molecule is COc1cc(C(C)=O)ccc1OCCCC(=O)NC12CC3CC(CC(C3)C1)C2. The molecule has 0 spiro atoms. The minimum atomic E-state index is -0.00815. The van der Waals surface area contributed by atoms with E-state index in [0.29, 0.717) is 36.5 Å². The molecule has 0 unspecified atom stereocenters. The molecule has 0 heterocycles. The Morgan fingerprint density at radius 3 is 2.29 bits per heavy atom. The highest BCUT2D eigenvalue weighted by molar-refractivity contribution is 5.94. The van der Waals surface area contributed by atoms with Crippen LogP contribution in [0.5, 0.6) is 11.5 Å². The average molecular weight is 386 g/mol. The zero-order valence-corrected chi connectivity index (χ0v) is 17.0. The van der Waals surface area contributed by atoms with Gasteiger partial charge in [0.25, 0.3) is 0 Å². The third kappa shape index (κ3) is 4.03. The fourth-order valence-electron chi connectivity index (χ4n) is 6.04. The van der Waals surface area contributed by atoms with Gasteiger partial charge in [-0.1, -0.05) is 0 Å². The van der Waals surface area contributed by atoms with E-state index in [1.54, 1.807) is 25.3 Å². The Bertz CT molecular complexity index is 722. The lowest BCUT2D eigenvalue weighted by Crippen LogP contribution is -2.59. The van der Waals surface area contributed by atoms with Crippen molar-refractivity contribution < 1.29 is 19.1 Å². The van der Waals surface area contributed by atoms with Crippen LogP contribution < -0.4 is 14.8 Å². The summed E-state index contributed by atoms with van der Waals surface area (Å²) in [6.07, 6.45) is 8.84. The summed E-state index contributed by atoms with van der Waals surface area (Å²) in [5.41, 5.74) is 0.678. The van der Waals surface area contributed by atoms with E-state index in [-0.39, 0.29) is 17.2 Å². The Hall–Kier alpha value is -2.04. The van der Waals surface area contributed by atoms with Gasteiger partial charge in [-0.25, -0.2) is 0 Å². The number of ether oxygens (including phenoxy) is 2. The second kappa shape index (κ2) is 7.76. The molecular formula is C23H31NO4. The van der Waals surface area contributed by atoms with Gasteiger partial charge in [0, 0.05) is 17.5 Å². The van der Waals surface area contributed by atoms with Crippen LogP contribution >= 0.6 is 0 Å². The van der Waals surface area contributed by atoms with E-state index in [9.17, 15) is 9.59 Å². The number of hydrogen-bond donors (Lipinski definition) is 1. The maximum Gasteiger partial charge on any atom is 0.220 e. The maximum absolute atomic E-state index is 12.6. The molecule has 0 aromatic heterocycles. The van der Waals surface area contributed by atoms with E-state index in [0.717, 1.165) is 17.8 Å². The first-order valence-electron chi connectivity index (χ1n) is 10.6. The van der Waals surface area contributed by atoms with Crippen molar-refractivity contribution in [1.82, 2.24) is 5.32 Å². The smallest absolute Gasteiger partial charge is 0.220 e. The molecule has 4 bridgehead atoms. The second-order valence-electron chi connectivity index (χ2n) is 9.12. The highest BCUT2D eigenvalue weighted by Crippen LogP contribution is 2.55. The average Bonchev–Trinajstić information content (AvgIpc) is 2.63. The molecule has 0 aliphatic heterocycles. The lowest BCUT2D eigenvalue weighted by Gasteiger charge is -2.56. The largest absolute Gasteiger partial charge is 0.493 e. The number of amides is 1. The Kier molecular flexibility index (Phi) is 5.35. The summed E-state index contributed by atoms with van der Waals surface area (Å²) in [5.74, 6) is 3.80. The molecule has 4 saturated carbocycles. The van der Waals surface area contributed by atoms with E-state index in [4.69, 9.17) is 9.47 Å². The molecule has 1 amide bonds. The van der Waals surface area contributed by atoms with Gasteiger partial charge in [-0.15, -0.1) is 0 Å². The minimum absolute atomic E-state index is 0.00815. The van der Waals surface area contributed by atoms with Crippen LogP contribution in [-0.4, -0.2) is 30.9 Å². The molecule has 0 saturated heterocycles. The molecule has 28 heavy (non-hydrogen) atoms. The molecule has 4 aliphatic carbocycles. The second-order valence-corrected chi connectivity index (χ2v) is 9.12. The van der Waals surface area contributed by atoms with Gasteiger partial charge in [0.05, 0.1) is 13.7 Å². The third-order valence-electron chi connectivity index (χ3n) is 6.82. The maximum atomic E-state index is 12.6. The Balaban J connectivity index is 1.25. The zero-order chi connectivity index (χ0) is 19.7. The molecule has 5 nitrogen and oxygen atoms in total. The Labute approximate surface area is 167 Å². The van der Waals surface area contributed by atoms with Crippen molar-refractivity contribution >= 4 is 11.7 Å². The van der Waals surface area contributed by atoms with Crippen molar-refractivity contribution in [2.75, 3.05) is 13.7 Å². The molecule has 0 radical (unpaired) electrons. The quantitative estimate of drug-likeness (QED) is 0.539. The number of nitrogens with one attached hydrogen (secondary N) is 1. The number of carbonyl (C=O) groups excluding carboxylic acids is 2. The molecule has 4 aliphatic rings. The topological polar surface area (TPSA) is 64.6 Å². The van der Waals surface area contributed by atoms with E-state index in [1.807, 2.05) is 0 Å². The predicted molar refractivity (Wildman–Crippen MR) is 107 cm³/mol. The van der Waals surface area contributed by atoms with Crippen molar-refractivity contribution in [3.8, 4) is 11.5 Å². The third-order valence-corrected chi connectivity index (χ3v) is 6.82. The summed E-state index contributed by atoms with van der Waals surface area (Å²) < 4.78 is 11.1. The summed E-state index contributed by atoms with van der Waals surface area (Å²) in [4.78, 5) is 24.0. The molecule has 5 heteroatoms. The van der Waals surface area contributed by atoms with Crippen molar-refractivity contribution in [2.45, 2.75) is 63.8 Å². The summed E-state index contributed by atoms with van der Waals surface area (Å²) in [6, 6.07) is 5.18. The number of hydrogen-bond acceptors (Lipinski definition) is 4. The molecule has 1 aromatic rings. The molecule has 1 N–H and O–H groups in total. The summed E-state index contributed by atoms with van der Waals surface area (Å²) in [7, 11) is 1.56. The van der Waals surface area contributed by atoms with E-state index < -0.39 is 0 Å². The van der Waals surface area contributed by atoms with Crippen LogP contribution in [0.2, 0.25) is 0 Å².